The first-order chi connectivity index (χ1) is 8.92. The Balaban J connectivity index is 4.05. The fourth-order valence-electron chi connectivity index (χ4n) is 2.08. The maximum absolute atomic E-state index is 11.8. The van der Waals surface area contributed by atoms with Gasteiger partial charge in [0.2, 0.25) is 5.91 Å². The molecule has 3 atom stereocenters. The van der Waals surface area contributed by atoms with Crippen molar-refractivity contribution in [3.63, 3.8) is 0 Å². The Hall–Kier alpha value is -1.10. The summed E-state index contributed by atoms with van der Waals surface area (Å²) in [7, 11) is 0. The number of hydrogen-bond acceptors (Lipinski definition) is 3. The first-order valence-electron chi connectivity index (χ1n) is 7.14. The third kappa shape index (κ3) is 7.82. The van der Waals surface area contributed by atoms with Gasteiger partial charge in [-0.2, -0.15) is 0 Å². The Morgan fingerprint density at radius 3 is 2.32 bits per heavy atom. The van der Waals surface area contributed by atoms with Gasteiger partial charge in [-0.25, -0.2) is 0 Å². The van der Waals surface area contributed by atoms with E-state index in [9.17, 15) is 9.59 Å². The molecule has 112 valence electrons. The minimum Gasteiger partial charge on any atom is -0.481 e. The van der Waals surface area contributed by atoms with Crippen LogP contribution in [0.1, 0.15) is 52.9 Å². The molecule has 3 unspecified atom stereocenters. The number of nitrogens with one attached hydrogen (secondary N) is 1. The highest BCUT2D eigenvalue weighted by molar-refractivity contribution is 5.77. The largest absolute Gasteiger partial charge is 0.481 e. The first-order valence-corrected chi connectivity index (χ1v) is 7.14. The topological polar surface area (TPSA) is 92.4 Å². The van der Waals surface area contributed by atoms with Crippen molar-refractivity contribution in [1.82, 2.24) is 5.32 Å². The lowest BCUT2D eigenvalue weighted by molar-refractivity contribution is -0.142. The third-order valence-electron chi connectivity index (χ3n) is 3.58. The summed E-state index contributed by atoms with van der Waals surface area (Å²) in [5.41, 5.74) is 5.55. The molecule has 0 bridgehead atoms. The maximum Gasteiger partial charge on any atom is 0.308 e. The van der Waals surface area contributed by atoms with E-state index in [0.29, 0.717) is 18.9 Å². The van der Waals surface area contributed by atoms with E-state index < -0.39 is 11.9 Å². The van der Waals surface area contributed by atoms with E-state index in [0.717, 1.165) is 25.7 Å². The van der Waals surface area contributed by atoms with Gasteiger partial charge in [-0.15, -0.1) is 0 Å². The van der Waals surface area contributed by atoms with Crippen LogP contribution in [0, 0.1) is 11.8 Å². The highest BCUT2D eigenvalue weighted by atomic mass is 16.4. The molecular weight excluding hydrogens is 244 g/mol. The summed E-state index contributed by atoms with van der Waals surface area (Å²) in [4.78, 5) is 22.6. The Morgan fingerprint density at radius 2 is 1.84 bits per heavy atom. The second-order valence-corrected chi connectivity index (χ2v) is 5.25. The number of carboxylic acid groups (broad SMARTS) is 1. The molecule has 19 heavy (non-hydrogen) atoms. The molecule has 0 aromatic rings. The van der Waals surface area contributed by atoms with Crippen molar-refractivity contribution >= 4 is 11.9 Å². The zero-order valence-corrected chi connectivity index (χ0v) is 12.3. The van der Waals surface area contributed by atoms with Gasteiger partial charge in [0.15, 0.2) is 0 Å². The van der Waals surface area contributed by atoms with Crippen molar-refractivity contribution in [3.8, 4) is 0 Å². The van der Waals surface area contributed by atoms with E-state index in [-0.39, 0.29) is 11.9 Å². The monoisotopic (exact) mass is 272 g/mol. The van der Waals surface area contributed by atoms with Gasteiger partial charge in [0, 0.05) is 12.5 Å². The molecule has 0 rings (SSSR count). The van der Waals surface area contributed by atoms with Crippen LogP contribution in [0.3, 0.4) is 0 Å². The average molecular weight is 272 g/mol. The molecule has 0 saturated heterocycles. The number of hydrogen-bond donors (Lipinski definition) is 3. The summed E-state index contributed by atoms with van der Waals surface area (Å²) >= 11 is 0. The van der Waals surface area contributed by atoms with Crippen LogP contribution in [0.15, 0.2) is 0 Å². The Morgan fingerprint density at radius 1 is 1.21 bits per heavy atom. The van der Waals surface area contributed by atoms with Gasteiger partial charge in [-0.3, -0.25) is 9.59 Å². The van der Waals surface area contributed by atoms with Gasteiger partial charge in [-0.05, 0) is 39.2 Å². The zero-order chi connectivity index (χ0) is 14.8. The van der Waals surface area contributed by atoms with Crippen LogP contribution in [-0.4, -0.2) is 29.6 Å². The van der Waals surface area contributed by atoms with Crippen LogP contribution in [-0.2, 0) is 9.59 Å². The fourth-order valence-corrected chi connectivity index (χ4v) is 2.08. The van der Waals surface area contributed by atoms with Crippen molar-refractivity contribution in [2.45, 2.75) is 58.9 Å². The minimum absolute atomic E-state index is 0.0706. The second kappa shape index (κ2) is 9.78. The maximum atomic E-state index is 11.8. The zero-order valence-electron chi connectivity index (χ0n) is 12.3. The normalized spacial score (nSPS) is 15.6. The second-order valence-electron chi connectivity index (χ2n) is 5.25. The van der Waals surface area contributed by atoms with E-state index in [4.69, 9.17) is 10.8 Å². The van der Waals surface area contributed by atoms with Gasteiger partial charge in [0.05, 0.1) is 5.92 Å². The molecule has 0 aliphatic heterocycles. The van der Waals surface area contributed by atoms with Crippen molar-refractivity contribution < 1.29 is 14.7 Å². The Labute approximate surface area is 115 Å². The summed E-state index contributed by atoms with van der Waals surface area (Å²) in [6.07, 6.45) is 4.40. The number of carbonyl (C=O) groups is 2. The molecule has 0 radical (unpaired) electrons. The van der Waals surface area contributed by atoms with E-state index in [1.807, 2.05) is 0 Å². The summed E-state index contributed by atoms with van der Waals surface area (Å²) in [6.45, 7) is 6.10. The molecular formula is C14H28N2O3. The number of rotatable bonds is 10. The van der Waals surface area contributed by atoms with Gasteiger partial charge in [0.25, 0.3) is 0 Å². The molecule has 4 N–H and O–H groups in total. The number of carbonyl (C=O) groups excluding carboxylic acids is 1. The Bertz CT molecular complexity index is 276. The van der Waals surface area contributed by atoms with Crippen LogP contribution in [0.4, 0.5) is 0 Å². The molecule has 0 spiro atoms. The summed E-state index contributed by atoms with van der Waals surface area (Å²) in [5, 5.41) is 11.6. The predicted octanol–water partition coefficient (Wildman–Crippen LogP) is 1.76. The fraction of sp³-hybridized carbons (Fsp3) is 0.857. The van der Waals surface area contributed by atoms with Crippen LogP contribution >= 0.6 is 0 Å². The molecule has 0 aromatic heterocycles. The van der Waals surface area contributed by atoms with Crippen molar-refractivity contribution in [2.24, 2.45) is 17.6 Å². The molecule has 0 aliphatic carbocycles. The lowest BCUT2D eigenvalue weighted by Gasteiger charge is -2.19. The average Bonchev–Trinajstić information content (AvgIpc) is 2.35. The van der Waals surface area contributed by atoms with Gasteiger partial charge < -0.3 is 16.2 Å². The number of amides is 1. The molecule has 1 amide bonds. The van der Waals surface area contributed by atoms with Gasteiger partial charge >= 0.3 is 5.97 Å². The quantitative estimate of drug-likeness (QED) is 0.565. The summed E-state index contributed by atoms with van der Waals surface area (Å²) in [5.74, 6) is -1.04. The van der Waals surface area contributed by atoms with Crippen LogP contribution < -0.4 is 11.1 Å². The Kier molecular flexibility index (Phi) is 9.21. The molecule has 0 heterocycles. The third-order valence-corrected chi connectivity index (χ3v) is 3.58. The summed E-state index contributed by atoms with van der Waals surface area (Å²) in [6, 6.07) is -0.343. The number of carboxylic acids is 1. The van der Waals surface area contributed by atoms with Crippen molar-refractivity contribution in [2.75, 3.05) is 6.54 Å². The van der Waals surface area contributed by atoms with E-state index >= 15 is 0 Å². The predicted molar refractivity (Wildman–Crippen MR) is 75.7 cm³/mol. The van der Waals surface area contributed by atoms with Crippen molar-refractivity contribution in [3.05, 3.63) is 0 Å². The van der Waals surface area contributed by atoms with Crippen LogP contribution in [0.25, 0.3) is 0 Å². The molecule has 0 saturated carbocycles. The SMILES string of the molecule is CCCC(CCN)CCC(=O)NC(C)C(C)C(=O)O. The van der Waals surface area contributed by atoms with Crippen LogP contribution in [0.5, 0.6) is 0 Å². The highest BCUT2D eigenvalue weighted by Gasteiger charge is 2.21. The lowest BCUT2D eigenvalue weighted by Crippen LogP contribution is -2.40. The van der Waals surface area contributed by atoms with Crippen LogP contribution in [0.2, 0.25) is 0 Å². The van der Waals surface area contributed by atoms with Gasteiger partial charge in [-0.1, -0.05) is 19.8 Å². The first kappa shape index (κ1) is 17.9. The minimum atomic E-state index is -0.889. The molecule has 5 nitrogen and oxygen atoms in total. The smallest absolute Gasteiger partial charge is 0.308 e. The van der Waals surface area contributed by atoms with Crippen molar-refractivity contribution in [1.29, 1.82) is 0 Å². The highest BCUT2D eigenvalue weighted by Crippen LogP contribution is 2.17. The molecule has 5 heteroatoms. The summed E-state index contributed by atoms with van der Waals surface area (Å²) < 4.78 is 0. The number of nitrogens with two attached hydrogens (primary N) is 1. The standard InChI is InChI=1S/C14H28N2O3/c1-4-5-12(8-9-15)6-7-13(17)16-11(3)10(2)14(18)19/h10-12H,4-9,15H2,1-3H3,(H,16,17)(H,18,19). The molecule has 0 fully saturated rings. The lowest BCUT2D eigenvalue weighted by atomic mass is 9.94. The molecule has 0 aliphatic rings. The van der Waals surface area contributed by atoms with E-state index in [1.165, 1.54) is 0 Å². The van der Waals surface area contributed by atoms with E-state index in [1.54, 1.807) is 13.8 Å². The van der Waals surface area contributed by atoms with Gasteiger partial charge in [0.1, 0.15) is 0 Å². The number of aliphatic carboxylic acids is 1. The molecule has 0 aromatic carbocycles. The van der Waals surface area contributed by atoms with E-state index in [2.05, 4.69) is 12.2 Å².